The van der Waals surface area contributed by atoms with Crippen LogP contribution in [0.5, 0.6) is 0 Å². The number of carbonyl (C=O) groups excluding carboxylic acids is 1. The molecule has 0 saturated carbocycles. The van der Waals surface area contributed by atoms with Gasteiger partial charge < -0.3 is 15.4 Å². The van der Waals surface area contributed by atoms with Gasteiger partial charge in [-0.2, -0.15) is 12.7 Å². The molecule has 3 N–H and O–H groups in total. The third kappa shape index (κ3) is 5.71. The molecule has 20 heavy (non-hydrogen) atoms. The van der Waals surface area contributed by atoms with Gasteiger partial charge in [-0.15, -0.1) is 0 Å². The molecule has 1 saturated heterocycles. The summed E-state index contributed by atoms with van der Waals surface area (Å²) in [6.45, 7) is 3.13. The molecule has 9 heteroatoms. The van der Waals surface area contributed by atoms with E-state index in [1.807, 2.05) is 0 Å². The number of hydrogen-bond donors (Lipinski definition) is 2. The maximum Gasteiger partial charge on any atom is 0.279 e. The molecule has 0 radical (unpaired) electrons. The summed E-state index contributed by atoms with van der Waals surface area (Å²) in [5.41, 5.74) is 5.34. The molecule has 1 rings (SSSR count). The maximum absolute atomic E-state index is 11.8. The Morgan fingerprint density at radius 3 is 2.65 bits per heavy atom. The van der Waals surface area contributed by atoms with E-state index in [9.17, 15) is 13.2 Å². The van der Waals surface area contributed by atoms with Crippen molar-refractivity contribution in [3.05, 3.63) is 0 Å². The highest BCUT2D eigenvalue weighted by Crippen LogP contribution is 2.01. The number of carbonyl (C=O) groups is 1. The van der Waals surface area contributed by atoms with Gasteiger partial charge in [-0.3, -0.25) is 4.79 Å². The quantitative estimate of drug-likeness (QED) is 0.559. The van der Waals surface area contributed by atoms with Crippen molar-refractivity contribution < 1.29 is 17.9 Å². The van der Waals surface area contributed by atoms with Gasteiger partial charge >= 0.3 is 0 Å². The van der Waals surface area contributed by atoms with Crippen LogP contribution >= 0.6 is 0 Å². The highest BCUT2D eigenvalue weighted by molar-refractivity contribution is 7.87. The van der Waals surface area contributed by atoms with Crippen LogP contribution in [-0.2, 0) is 19.7 Å². The summed E-state index contributed by atoms with van der Waals surface area (Å²) in [4.78, 5) is 13.5. The Morgan fingerprint density at radius 2 is 2.05 bits per heavy atom. The largest absolute Gasteiger partial charge is 0.378 e. The van der Waals surface area contributed by atoms with Crippen LogP contribution in [-0.4, -0.2) is 76.5 Å². The van der Waals surface area contributed by atoms with Crippen LogP contribution in [0.3, 0.4) is 0 Å². The van der Waals surface area contributed by atoms with Crippen LogP contribution in [0, 0.1) is 0 Å². The minimum atomic E-state index is -3.53. The number of nitrogens with zero attached hydrogens (tertiary/aromatic N) is 2. The number of rotatable bonds is 8. The summed E-state index contributed by atoms with van der Waals surface area (Å²) in [6, 6.07) is 0. The van der Waals surface area contributed by atoms with Crippen LogP contribution in [0.25, 0.3) is 0 Å². The summed E-state index contributed by atoms with van der Waals surface area (Å²) < 4.78 is 32.4. The molecule has 1 heterocycles. The van der Waals surface area contributed by atoms with Gasteiger partial charge in [0, 0.05) is 39.6 Å². The molecule has 0 aliphatic carbocycles. The standard InChI is InChI=1S/C11H24N4O4S/c1-14(6-2-4-12)20(17,18)13-5-3-11(16)15-7-9-19-10-8-15/h13H,2-10,12H2,1H3. The highest BCUT2D eigenvalue weighted by atomic mass is 32.2. The van der Waals surface area contributed by atoms with Crippen molar-refractivity contribution in [2.24, 2.45) is 5.73 Å². The Balaban J connectivity index is 2.29. The minimum absolute atomic E-state index is 0.0550. The third-order valence-electron chi connectivity index (χ3n) is 3.07. The monoisotopic (exact) mass is 308 g/mol. The van der Waals surface area contributed by atoms with Crippen molar-refractivity contribution in [2.75, 3.05) is 53.0 Å². The molecule has 0 aromatic carbocycles. The zero-order valence-electron chi connectivity index (χ0n) is 11.9. The van der Waals surface area contributed by atoms with Crippen molar-refractivity contribution in [2.45, 2.75) is 12.8 Å². The zero-order valence-corrected chi connectivity index (χ0v) is 12.7. The molecule has 1 aliphatic heterocycles. The van der Waals surface area contributed by atoms with Crippen LogP contribution in [0.15, 0.2) is 0 Å². The van der Waals surface area contributed by atoms with Crippen molar-refractivity contribution in [1.29, 1.82) is 0 Å². The maximum atomic E-state index is 11.8. The number of hydrogen-bond acceptors (Lipinski definition) is 5. The van der Waals surface area contributed by atoms with E-state index < -0.39 is 10.2 Å². The molecule has 8 nitrogen and oxygen atoms in total. The first-order valence-electron chi connectivity index (χ1n) is 6.74. The Hall–Kier alpha value is -0.740. The molecule has 1 aliphatic rings. The Labute approximate surface area is 120 Å². The molecule has 0 bridgehead atoms. The number of nitrogens with two attached hydrogens (primary N) is 1. The first-order chi connectivity index (χ1) is 9.47. The number of nitrogens with one attached hydrogen (secondary N) is 1. The van der Waals surface area contributed by atoms with Crippen molar-refractivity contribution in [3.63, 3.8) is 0 Å². The second-order valence-electron chi connectivity index (χ2n) is 4.61. The molecule has 0 aromatic heterocycles. The van der Waals surface area contributed by atoms with Gasteiger partial charge in [0.1, 0.15) is 0 Å². The highest BCUT2D eigenvalue weighted by Gasteiger charge is 2.19. The van der Waals surface area contributed by atoms with E-state index in [-0.39, 0.29) is 18.9 Å². The van der Waals surface area contributed by atoms with Crippen molar-refractivity contribution >= 4 is 16.1 Å². The second-order valence-corrected chi connectivity index (χ2v) is 6.47. The third-order valence-corrected chi connectivity index (χ3v) is 4.65. The van der Waals surface area contributed by atoms with Crippen LogP contribution in [0.2, 0.25) is 0 Å². The normalized spacial score (nSPS) is 16.6. The Bertz CT molecular complexity index is 395. The fraction of sp³-hybridized carbons (Fsp3) is 0.909. The van der Waals surface area contributed by atoms with Crippen molar-refractivity contribution in [1.82, 2.24) is 13.9 Å². The van der Waals surface area contributed by atoms with E-state index in [1.165, 1.54) is 11.4 Å². The predicted molar refractivity (Wildman–Crippen MR) is 75.2 cm³/mol. The van der Waals surface area contributed by atoms with E-state index >= 15 is 0 Å². The molecule has 1 amide bonds. The lowest BCUT2D eigenvalue weighted by Crippen LogP contribution is -2.43. The topological polar surface area (TPSA) is 105 Å². The summed E-state index contributed by atoms with van der Waals surface area (Å²) in [6.07, 6.45) is 0.758. The van der Waals surface area contributed by atoms with Gasteiger partial charge in [0.2, 0.25) is 5.91 Å². The summed E-state index contributed by atoms with van der Waals surface area (Å²) in [5.74, 6) is -0.0550. The van der Waals surface area contributed by atoms with Gasteiger partial charge in [-0.1, -0.05) is 0 Å². The molecule has 1 fully saturated rings. The molecule has 0 unspecified atom stereocenters. The second kappa shape index (κ2) is 8.53. The van der Waals surface area contributed by atoms with Crippen molar-refractivity contribution in [3.8, 4) is 0 Å². The van der Waals surface area contributed by atoms with Gasteiger partial charge in [-0.05, 0) is 13.0 Å². The van der Waals surface area contributed by atoms with Crippen LogP contribution < -0.4 is 10.5 Å². The predicted octanol–water partition coefficient (Wildman–Crippen LogP) is -1.65. The van der Waals surface area contributed by atoms with Gasteiger partial charge in [0.15, 0.2) is 0 Å². The average molecular weight is 308 g/mol. The molecular weight excluding hydrogens is 284 g/mol. The average Bonchev–Trinajstić information content (AvgIpc) is 2.45. The molecule has 0 atom stereocenters. The van der Waals surface area contributed by atoms with Gasteiger partial charge in [0.25, 0.3) is 10.2 Å². The van der Waals surface area contributed by atoms with E-state index in [4.69, 9.17) is 10.5 Å². The lowest BCUT2D eigenvalue weighted by Gasteiger charge is -2.27. The van der Waals surface area contributed by atoms with E-state index in [0.29, 0.717) is 45.8 Å². The number of amides is 1. The smallest absolute Gasteiger partial charge is 0.279 e. The van der Waals surface area contributed by atoms with E-state index in [0.717, 1.165) is 0 Å². The van der Waals surface area contributed by atoms with Crippen LogP contribution in [0.1, 0.15) is 12.8 Å². The summed E-state index contributed by atoms with van der Waals surface area (Å²) in [5, 5.41) is 0. The molecule has 118 valence electrons. The molecular formula is C11H24N4O4S. The lowest BCUT2D eigenvalue weighted by atomic mass is 10.3. The van der Waals surface area contributed by atoms with Crippen LogP contribution in [0.4, 0.5) is 0 Å². The van der Waals surface area contributed by atoms with Gasteiger partial charge in [-0.25, -0.2) is 4.72 Å². The van der Waals surface area contributed by atoms with E-state index in [1.54, 1.807) is 4.90 Å². The first-order valence-corrected chi connectivity index (χ1v) is 8.18. The lowest BCUT2D eigenvalue weighted by molar-refractivity contribution is -0.135. The molecule has 0 spiro atoms. The first kappa shape index (κ1) is 17.3. The number of ether oxygens (including phenoxy) is 1. The SMILES string of the molecule is CN(CCCN)S(=O)(=O)NCCC(=O)N1CCOCC1. The van der Waals surface area contributed by atoms with Gasteiger partial charge in [0.05, 0.1) is 13.2 Å². The Kier molecular flexibility index (Phi) is 7.38. The van der Waals surface area contributed by atoms with E-state index in [2.05, 4.69) is 4.72 Å². The fourth-order valence-corrected chi connectivity index (χ4v) is 2.75. The summed E-state index contributed by atoms with van der Waals surface area (Å²) in [7, 11) is -2.04. The summed E-state index contributed by atoms with van der Waals surface area (Å²) >= 11 is 0. The number of morpholine rings is 1. The molecule has 0 aromatic rings. The minimum Gasteiger partial charge on any atom is -0.378 e. The fourth-order valence-electron chi connectivity index (χ4n) is 1.80. The zero-order chi connectivity index (χ0) is 15.0. The Morgan fingerprint density at radius 1 is 1.40 bits per heavy atom.